The molecule has 0 spiro atoms. The molecule has 0 saturated carbocycles. The van der Waals surface area contributed by atoms with Crippen molar-refractivity contribution in [2.45, 2.75) is 44.4 Å². The minimum atomic E-state index is -1.09. The van der Waals surface area contributed by atoms with Crippen LogP contribution >= 0.6 is 0 Å². The summed E-state index contributed by atoms with van der Waals surface area (Å²) in [5, 5.41) is 31.6. The maximum atomic E-state index is 10.7. The second kappa shape index (κ2) is 10.3. The van der Waals surface area contributed by atoms with Gasteiger partial charge in [0.25, 0.3) is 0 Å². The summed E-state index contributed by atoms with van der Waals surface area (Å²) in [6, 6.07) is 7.71. The average Bonchev–Trinajstić information content (AvgIpc) is 3.13. The molecule has 0 aliphatic rings. The third-order valence-corrected chi connectivity index (χ3v) is 5.27. The molecule has 0 aliphatic heterocycles. The lowest BCUT2D eigenvalue weighted by molar-refractivity contribution is -0.139. The highest BCUT2D eigenvalue weighted by Crippen LogP contribution is 2.27. The quantitative estimate of drug-likeness (QED) is 0.297. The van der Waals surface area contributed by atoms with Gasteiger partial charge in [0.2, 0.25) is 5.95 Å². The summed E-state index contributed by atoms with van der Waals surface area (Å²) in [7, 11) is 3.39. The van der Waals surface area contributed by atoms with Crippen LogP contribution in [0.25, 0.3) is 11.0 Å². The first kappa shape index (κ1) is 23.3. The van der Waals surface area contributed by atoms with Gasteiger partial charge in [-0.3, -0.25) is 4.79 Å². The second-order valence-corrected chi connectivity index (χ2v) is 7.68. The molecule has 3 aromatic rings. The summed E-state index contributed by atoms with van der Waals surface area (Å²) in [5.74, 6) is 0.480. The summed E-state index contributed by atoms with van der Waals surface area (Å²) in [6.45, 7) is 0.516. The molecule has 172 valence electrons. The highest BCUT2D eigenvalue weighted by atomic mass is 16.5. The van der Waals surface area contributed by atoms with Crippen LogP contribution in [0.4, 0.5) is 11.8 Å². The van der Waals surface area contributed by atoms with Gasteiger partial charge in [-0.1, -0.05) is 12.1 Å². The third kappa shape index (κ3) is 5.65. The van der Waals surface area contributed by atoms with Crippen molar-refractivity contribution in [3.63, 3.8) is 0 Å². The van der Waals surface area contributed by atoms with E-state index in [9.17, 15) is 15.0 Å². The molecule has 10 nitrogen and oxygen atoms in total. The topological polar surface area (TPSA) is 156 Å². The molecule has 3 rings (SSSR count). The Balaban J connectivity index is 1.76. The molecular weight excluding hydrogens is 414 g/mol. The number of nitrogen functional groups attached to an aromatic ring is 1. The van der Waals surface area contributed by atoms with E-state index in [1.807, 2.05) is 35.0 Å². The number of hydrogen-bond acceptors (Lipinski definition) is 8. The number of aryl methyl sites for hydroxylation is 1. The Bertz CT molecular complexity index is 1080. The van der Waals surface area contributed by atoms with Crippen LogP contribution in [0.2, 0.25) is 0 Å². The second-order valence-electron chi connectivity index (χ2n) is 7.68. The number of nitrogens with zero attached hydrogens (tertiary/aromatic N) is 3. The Morgan fingerprint density at radius 3 is 2.72 bits per heavy atom. The number of carbonyl (C=O) groups is 1. The lowest BCUT2D eigenvalue weighted by Crippen LogP contribution is -2.21. The van der Waals surface area contributed by atoms with Crippen LogP contribution in [0.15, 0.2) is 30.5 Å². The summed E-state index contributed by atoms with van der Waals surface area (Å²) in [6.07, 6.45) is 0.702. The number of nitrogens with two attached hydrogens (primary N) is 1. The third-order valence-electron chi connectivity index (χ3n) is 5.27. The Kier molecular flexibility index (Phi) is 7.49. The zero-order valence-electron chi connectivity index (χ0n) is 18.2. The minimum absolute atomic E-state index is 0.0284. The van der Waals surface area contributed by atoms with Gasteiger partial charge in [0.1, 0.15) is 11.3 Å². The van der Waals surface area contributed by atoms with Crippen LogP contribution in [0.3, 0.4) is 0 Å². The molecule has 32 heavy (non-hydrogen) atoms. The van der Waals surface area contributed by atoms with E-state index in [2.05, 4.69) is 15.3 Å². The van der Waals surface area contributed by atoms with Crippen molar-refractivity contribution in [2.75, 3.05) is 25.2 Å². The summed E-state index contributed by atoms with van der Waals surface area (Å²) in [5.41, 5.74) is 9.29. The Morgan fingerprint density at radius 1 is 1.25 bits per heavy atom. The van der Waals surface area contributed by atoms with E-state index in [-0.39, 0.29) is 18.8 Å². The molecule has 0 bridgehead atoms. The molecular formula is C22H29N5O5. The van der Waals surface area contributed by atoms with Crippen LogP contribution in [0.1, 0.15) is 30.4 Å². The van der Waals surface area contributed by atoms with Gasteiger partial charge < -0.3 is 35.7 Å². The molecule has 0 saturated heterocycles. The molecule has 0 unspecified atom stereocenters. The monoisotopic (exact) mass is 443 g/mol. The SMILES string of the molecule is CNc1nc(N)nc2ccn(Cc3cc(CC[C@@H](O)C[C@@H](O)CC(=O)O)ccc3OC)c12. The van der Waals surface area contributed by atoms with Crippen LogP contribution < -0.4 is 15.8 Å². The first-order valence-electron chi connectivity index (χ1n) is 10.3. The predicted octanol–water partition coefficient (Wildman–Crippen LogP) is 1.63. The zero-order valence-corrected chi connectivity index (χ0v) is 18.2. The summed E-state index contributed by atoms with van der Waals surface area (Å²) in [4.78, 5) is 19.2. The molecule has 0 aliphatic carbocycles. The van der Waals surface area contributed by atoms with Gasteiger partial charge in [-0.15, -0.1) is 0 Å². The molecule has 0 radical (unpaired) electrons. The predicted molar refractivity (Wildman–Crippen MR) is 121 cm³/mol. The fraction of sp³-hybridized carbons (Fsp3) is 0.409. The summed E-state index contributed by atoms with van der Waals surface area (Å²) >= 11 is 0. The molecule has 0 fully saturated rings. The number of carboxylic acid groups (broad SMARTS) is 1. The van der Waals surface area contributed by atoms with Crippen LogP contribution in [0, 0.1) is 0 Å². The molecule has 2 atom stereocenters. The molecule has 10 heteroatoms. The minimum Gasteiger partial charge on any atom is -0.496 e. The summed E-state index contributed by atoms with van der Waals surface area (Å²) < 4.78 is 7.55. The normalized spacial score (nSPS) is 13.1. The number of aliphatic hydroxyl groups is 2. The smallest absolute Gasteiger partial charge is 0.305 e. The van der Waals surface area contributed by atoms with Crippen molar-refractivity contribution < 1.29 is 24.9 Å². The number of ether oxygens (including phenoxy) is 1. The van der Waals surface area contributed by atoms with Crippen LogP contribution in [-0.2, 0) is 17.8 Å². The number of aromatic nitrogens is 3. The number of fused-ring (bicyclic) bond motifs is 1. The van der Waals surface area contributed by atoms with Gasteiger partial charge in [-0.05, 0) is 37.0 Å². The van der Waals surface area contributed by atoms with Gasteiger partial charge in [0.05, 0.1) is 37.8 Å². The molecule has 2 aromatic heterocycles. The lowest BCUT2D eigenvalue weighted by atomic mass is 10.00. The van der Waals surface area contributed by atoms with Gasteiger partial charge in [0, 0.05) is 18.8 Å². The van der Waals surface area contributed by atoms with E-state index in [0.29, 0.717) is 25.2 Å². The molecule has 0 amide bonds. The van der Waals surface area contributed by atoms with Crippen molar-refractivity contribution >= 4 is 28.8 Å². The van der Waals surface area contributed by atoms with Crippen molar-refractivity contribution in [3.8, 4) is 5.75 Å². The molecule has 2 heterocycles. The zero-order chi connectivity index (χ0) is 23.3. The first-order valence-corrected chi connectivity index (χ1v) is 10.3. The van der Waals surface area contributed by atoms with Crippen molar-refractivity contribution in [1.29, 1.82) is 0 Å². The van der Waals surface area contributed by atoms with Gasteiger partial charge in [0.15, 0.2) is 5.82 Å². The maximum absolute atomic E-state index is 10.7. The number of aliphatic carboxylic acids is 1. The fourth-order valence-corrected chi connectivity index (χ4v) is 3.78. The standard InChI is InChI=1S/C22H29N5O5/c1-24-21-20-17(25-22(23)26-21)7-8-27(20)12-14-9-13(4-6-18(14)32-2)3-5-15(28)10-16(29)11-19(30)31/h4,6-9,15-16,28-29H,3,5,10-12H2,1-2H3,(H,30,31)(H3,23,24,25,26)/t15-,16-/m1/s1. The number of anilines is 2. The Labute approximate surface area is 185 Å². The van der Waals surface area contributed by atoms with Crippen LogP contribution in [0.5, 0.6) is 5.75 Å². The number of hydrogen-bond donors (Lipinski definition) is 5. The van der Waals surface area contributed by atoms with Gasteiger partial charge in [-0.25, -0.2) is 4.98 Å². The van der Waals surface area contributed by atoms with E-state index in [0.717, 1.165) is 27.9 Å². The highest BCUT2D eigenvalue weighted by molar-refractivity contribution is 5.87. The van der Waals surface area contributed by atoms with E-state index >= 15 is 0 Å². The van der Waals surface area contributed by atoms with E-state index < -0.39 is 18.2 Å². The fourth-order valence-electron chi connectivity index (χ4n) is 3.78. The largest absolute Gasteiger partial charge is 0.496 e. The number of aliphatic hydroxyl groups excluding tert-OH is 2. The molecule has 6 N–H and O–H groups in total. The number of rotatable bonds is 11. The van der Waals surface area contributed by atoms with Crippen LogP contribution in [-0.4, -0.2) is 62.2 Å². The van der Waals surface area contributed by atoms with Crippen molar-refractivity contribution in [2.24, 2.45) is 0 Å². The van der Waals surface area contributed by atoms with E-state index in [4.69, 9.17) is 15.6 Å². The first-order chi connectivity index (χ1) is 15.3. The number of benzene rings is 1. The van der Waals surface area contributed by atoms with E-state index in [1.54, 1.807) is 14.2 Å². The van der Waals surface area contributed by atoms with Crippen molar-refractivity contribution in [3.05, 3.63) is 41.6 Å². The number of carboxylic acids is 1. The highest BCUT2D eigenvalue weighted by Gasteiger charge is 2.16. The lowest BCUT2D eigenvalue weighted by Gasteiger charge is -2.16. The molecule has 1 aromatic carbocycles. The van der Waals surface area contributed by atoms with Gasteiger partial charge in [-0.2, -0.15) is 4.98 Å². The maximum Gasteiger partial charge on any atom is 0.305 e. The Morgan fingerprint density at radius 2 is 2.03 bits per heavy atom. The van der Waals surface area contributed by atoms with Gasteiger partial charge >= 0.3 is 5.97 Å². The van der Waals surface area contributed by atoms with E-state index in [1.165, 1.54) is 0 Å². The number of methoxy groups -OCH3 is 1. The Hall–Kier alpha value is -3.37. The number of nitrogens with one attached hydrogen (secondary N) is 1. The van der Waals surface area contributed by atoms with Crippen molar-refractivity contribution in [1.82, 2.24) is 14.5 Å². The average molecular weight is 444 g/mol.